The van der Waals surface area contributed by atoms with Gasteiger partial charge in [-0.1, -0.05) is 46.8 Å². The summed E-state index contributed by atoms with van der Waals surface area (Å²) in [5.41, 5.74) is 6.91. The minimum Gasteiger partial charge on any atom is -0.439 e. The number of anilines is 1. The summed E-state index contributed by atoms with van der Waals surface area (Å²) in [6.45, 7) is 10.4. The maximum absolute atomic E-state index is 5.86. The molecule has 1 heterocycles. The third-order valence-electron chi connectivity index (χ3n) is 3.14. The average molecular weight is 285 g/mol. The lowest BCUT2D eigenvalue weighted by molar-refractivity contribution is 0.446. The third-order valence-corrected chi connectivity index (χ3v) is 3.14. The van der Waals surface area contributed by atoms with Crippen LogP contribution in [-0.4, -0.2) is 9.97 Å². The quantitative estimate of drug-likeness (QED) is 0.914. The zero-order chi connectivity index (χ0) is 15.6. The lowest BCUT2D eigenvalue weighted by Crippen LogP contribution is -2.17. The van der Waals surface area contributed by atoms with Gasteiger partial charge in [-0.2, -0.15) is 4.98 Å². The summed E-state index contributed by atoms with van der Waals surface area (Å²) in [6, 6.07) is 9.67. The molecule has 2 rings (SSSR count). The minimum absolute atomic E-state index is 0.173. The summed E-state index contributed by atoms with van der Waals surface area (Å²) < 4.78 is 5.85. The highest BCUT2D eigenvalue weighted by molar-refractivity contribution is 5.38. The van der Waals surface area contributed by atoms with Crippen molar-refractivity contribution >= 4 is 5.82 Å². The maximum atomic E-state index is 5.86. The Morgan fingerprint density at radius 2 is 1.81 bits per heavy atom. The van der Waals surface area contributed by atoms with Crippen LogP contribution in [-0.2, 0) is 5.41 Å². The molecule has 0 amide bonds. The Bertz CT molecular complexity index is 630. The number of ether oxygens (including phenoxy) is 1. The van der Waals surface area contributed by atoms with Gasteiger partial charge in [0.1, 0.15) is 17.4 Å². The molecule has 0 atom stereocenters. The Morgan fingerprint density at radius 3 is 2.43 bits per heavy atom. The Kier molecular flexibility index (Phi) is 4.16. The van der Waals surface area contributed by atoms with Crippen molar-refractivity contribution in [1.82, 2.24) is 9.97 Å². The van der Waals surface area contributed by atoms with Crippen LogP contribution in [0, 0.1) is 0 Å². The van der Waals surface area contributed by atoms with E-state index in [-0.39, 0.29) is 5.41 Å². The molecule has 21 heavy (non-hydrogen) atoms. The zero-order valence-corrected chi connectivity index (χ0v) is 13.3. The predicted octanol–water partition coefficient (Wildman–Crippen LogP) is 4.27. The first-order chi connectivity index (χ1) is 9.75. The van der Waals surface area contributed by atoms with Crippen molar-refractivity contribution in [3.05, 3.63) is 41.7 Å². The fraction of sp³-hybridized carbons (Fsp3) is 0.412. The summed E-state index contributed by atoms with van der Waals surface area (Å²) >= 11 is 0. The van der Waals surface area contributed by atoms with Crippen LogP contribution in [0.1, 0.15) is 51.9 Å². The van der Waals surface area contributed by atoms with Crippen molar-refractivity contribution in [2.24, 2.45) is 0 Å². The standard InChI is InChI=1S/C17H23N3O/c1-11(2)12-7-6-8-13(9-12)21-15-10-14(18)19-16(20-15)17(3,4)5/h6-11H,1-5H3,(H2,18,19,20). The van der Waals surface area contributed by atoms with Gasteiger partial charge in [-0.3, -0.25) is 0 Å². The van der Waals surface area contributed by atoms with Crippen molar-refractivity contribution in [2.45, 2.75) is 46.0 Å². The SMILES string of the molecule is CC(C)c1cccc(Oc2cc(N)nc(C(C)(C)C)n2)c1. The van der Waals surface area contributed by atoms with Gasteiger partial charge >= 0.3 is 0 Å². The monoisotopic (exact) mass is 285 g/mol. The molecule has 1 aromatic carbocycles. The molecule has 1 aromatic heterocycles. The van der Waals surface area contributed by atoms with Crippen molar-refractivity contribution < 1.29 is 4.74 Å². The molecule has 0 aliphatic carbocycles. The van der Waals surface area contributed by atoms with E-state index in [4.69, 9.17) is 10.5 Å². The zero-order valence-electron chi connectivity index (χ0n) is 13.3. The first-order valence-electron chi connectivity index (χ1n) is 7.18. The average Bonchev–Trinajstić information content (AvgIpc) is 2.37. The van der Waals surface area contributed by atoms with Crippen LogP contribution < -0.4 is 10.5 Å². The van der Waals surface area contributed by atoms with E-state index >= 15 is 0 Å². The van der Waals surface area contributed by atoms with Gasteiger partial charge in [-0.15, -0.1) is 0 Å². The van der Waals surface area contributed by atoms with Gasteiger partial charge in [0.25, 0.3) is 0 Å². The molecule has 0 aliphatic heterocycles. The molecule has 2 aromatic rings. The second-order valence-corrected chi connectivity index (χ2v) is 6.53. The molecule has 0 spiro atoms. The number of aromatic nitrogens is 2. The summed E-state index contributed by atoms with van der Waals surface area (Å²) in [5.74, 6) is 2.80. The molecule has 0 saturated heterocycles. The second-order valence-electron chi connectivity index (χ2n) is 6.53. The van der Waals surface area contributed by atoms with Crippen molar-refractivity contribution in [3.63, 3.8) is 0 Å². The lowest BCUT2D eigenvalue weighted by Gasteiger charge is -2.17. The van der Waals surface area contributed by atoms with Crippen LogP contribution in [0.3, 0.4) is 0 Å². The van der Waals surface area contributed by atoms with Gasteiger partial charge in [0.2, 0.25) is 5.88 Å². The molecule has 0 bridgehead atoms. The van der Waals surface area contributed by atoms with Crippen LogP contribution in [0.15, 0.2) is 30.3 Å². The molecule has 0 radical (unpaired) electrons. The van der Waals surface area contributed by atoms with E-state index in [9.17, 15) is 0 Å². The van der Waals surface area contributed by atoms with Gasteiger partial charge in [0, 0.05) is 11.5 Å². The van der Waals surface area contributed by atoms with E-state index in [0.29, 0.717) is 23.4 Å². The molecule has 2 N–H and O–H groups in total. The number of rotatable bonds is 3. The molecule has 4 nitrogen and oxygen atoms in total. The summed E-state index contributed by atoms with van der Waals surface area (Å²) in [7, 11) is 0. The Morgan fingerprint density at radius 1 is 1.10 bits per heavy atom. The highest BCUT2D eigenvalue weighted by Crippen LogP contribution is 2.27. The van der Waals surface area contributed by atoms with Crippen LogP contribution in [0.2, 0.25) is 0 Å². The predicted molar refractivity (Wildman–Crippen MR) is 85.7 cm³/mol. The van der Waals surface area contributed by atoms with Crippen LogP contribution in [0.25, 0.3) is 0 Å². The van der Waals surface area contributed by atoms with Crippen LogP contribution >= 0.6 is 0 Å². The van der Waals surface area contributed by atoms with E-state index in [1.54, 1.807) is 6.07 Å². The number of nitrogens with zero attached hydrogens (tertiary/aromatic N) is 2. The smallest absolute Gasteiger partial charge is 0.224 e. The third kappa shape index (κ3) is 3.94. The van der Waals surface area contributed by atoms with Crippen molar-refractivity contribution in [2.75, 3.05) is 5.73 Å². The van der Waals surface area contributed by atoms with Gasteiger partial charge in [0.05, 0.1) is 0 Å². The van der Waals surface area contributed by atoms with Gasteiger partial charge < -0.3 is 10.5 Å². The van der Waals surface area contributed by atoms with Crippen LogP contribution in [0.4, 0.5) is 5.82 Å². The van der Waals surface area contributed by atoms with Gasteiger partial charge in [-0.25, -0.2) is 4.98 Å². The fourth-order valence-electron chi connectivity index (χ4n) is 1.89. The number of nitrogens with two attached hydrogens (primary N) is 1. The van der Waals surface area contributed by atoms with Gasteiger partial charge in [0.15, 0.2) is 0 Å². The first-order valence-corrected chi connectivity index (χ1v) is 7.18. The molecule has 112 valence electrons. The van der Waals surface area contributed by atoms with Crippen molar-refractivity contribution in [3.8, 4) is 11.6 Å². The highest BCUT2D eigenvalue weighted by Gasteiger charge is 2.19. The summed E-state index contributed by atoms with van der Waals surface area (Å²) in [4.78, 5) is 8.74. The van der Waals surface area contributed by atoms with Crippen LogP contribution in [0.5, 0.6) is 11.6 Å². The highest BCUT2D eigenvalue weighted by atomic mass is 16.5. The Balaban J connectivity index is 2.31. The maximum Gasteiger partial charge on any atom is 0.224 e. The van der Waals surface area contributed by atoms with Crippen molar-refractivity contribution in [1.29, 1.82) is 0 Å². The number of benzene rings is 1. The molecule has 0 unspecified atom stereocenters. The topological polar surface area (TPSA) is 61.0 Å². The van der Waals surface area contributed by atoms with E-state index in [2.05, 4.69) is 29.9 Å². The fourth-order valence-corrected chi connectivity index (χ4v) is 1.89. The minimum atomic E-state index is -0.173. The van der Waals surface area contributed by atoms with E-state index in [1.807, 2.05) is 39.0 Å². The van der Waals surface area contributed by atoms with E-state index in [0.717, 1.165) is 5.75 Å². The second kappa shape index (κ2) is 5.72. The normalized spacial score (nSPS) is 11.7. The number of nitrogen functional groups attached to an aromatic ring is 1. The Labute approximate surface area is 126 Å². The van der Waals surface area contributed by atoms with E-state index < -0.39 is 0 Å². The molecular formula is C17H23N3O. The largest absolute Gasteiger partial charge is 0.439 e. The number of hydrogen-bond donors (Lipinski definition) is 1. The lowest BCUT2D eigenvalue weighted by atomic mass is 9.96. The molecule has 0 saturated carbocycles. The molecule has 0 fully saturated rings. The molecular weight excluding hydrogens is 262 g/mol. The molecule has 0 aliphatic rings. The molecule has 4 heteroatoms. The Hall–Kier alpha value is -2.10. The summed E-state index contributed by atoms with van der Waals surface area (Å²) in [5, 5.41) is 0. The number of hydrogen-bond acceptors (Lipinski definition) is 4. The first kappa shape index (κ1) is 15.3. The van der Waals surface area contributed by atoms with E-state index in [1.165, 1.54) is 5.56 Å². The summed E-state index contributed by atoms with van der Waals surface area (Å²) in [6.07, 6.45) is 0. The van der Waals surface area contributed by atoms with Gasteiger partial charge in [-0.05, 0) is 23.6 Å².